The molecule has 1 aromatic heterocycles. The summed E-state index contributed by atoms with van der Waals surface area (Å²) in [7, 11) is 1.60. The lowest BCUT2D eigenvalue weighted by Gasteiger charge is -2.11. The predicted octanol–water partition coefficient (Wildman–Crippen LogP) is 4.11. The molecule has 31 heavy (non-hydrogen) atoms. The van der Waals surface area contributed by atoms with Crippen molar-refractivity contribution >= 4 is 5.91 Å². The maximum Gasteiger partial charge on any atom is 0.258 e. The summed E-state index contributed by atoms with van der Waals surface area (Å²) < 4.78 is 16.9. The standard InChI is InChI=1S/C24H21N3O4/c1-29-20-13-7-5-11-18(20)15-25-22(28)16-30-21-14-8-6-12-19(21)24-27-26-23(31-24)17-9-3-2-4-10-17/h2-14H,15-16H2,1H3,(H,25,28). The van der Waals surface area contributed by atoms with Crippen LogP contribution in [-0.4, -0.2) is 29.8 Å². The van der Waals surface area contributed by atoms with Crippen molar-refractivity contribution in [3.63, 3.8) is 0 Å². The van der Waals surface area contributed by atoms with Crippen LogP contribution in [0.1, 0.15) is 5.56 Å². The number of carbonyl (C=O) groups is 1. The zero-order chi connectivity index (χ0) is 21.5. The van der Waals surface area contributed by atoms with Gasteiger partial charge in [0, 0.05) is 17.7 Å². The highest BCUT2D eigenvalue weighted by Gasteiger charge is 2.15. The van der Waals surface area contributed by atoms with Crippen LogP contribution in [0.4, 0.5) is 0 Å². The number of hydrogen-bond acceptors (Lipinski definition) is 6. The predicted molar refractivity (Wildman–Crippen MR) is 116 cm³/mol. The lowest BCUT2D eigenvalue weighted by molar-refractivity contribution is -0.123. The minimum absolute atomic E-state index is 0.147. The molecule has 0 fully saturated rings. The van der Waals surface area contributed by atoms with Crippen molar-refractivity contribution in [1.82, 2.24) is 15.5 Å². The molecule has 0 saturated heterocycles. The van der Waals surface area contributed by atoms with Gasteiger partial charge in [-0.1, -0.05) is 48.5 Å². The number of amides is 1. The average Bonchev–Trinajstić information content (AvgIpc) is 3.32. The zero-order valence-corrected chi connectivity index (χ0v) is 16.9. The number of ether oxygens (including phenoxy) is 2. The summed E-state index contributed by atoms with van der Waals surface area (Å²) in [6, 6.07) is 24.3. The number of methoxy groups -OCH3 is 1. The van der Waals surface area contributed by atoms with Crippen molar-refractivity contribution in [3.05, 3.63) is 84.4 Å². The van der Waals surface area contributed by atoms with Crippen molar-refractivity contribution in [2.45, 2.75) is 6.54 Å². The molecule has 156 valence electrons. The quantitative estimate of drug-likeness (QED) is 0.466. The van der Waals surface area contributed by atoms with Crippen LogP contribution < -0.4 is 14.8 Å². The summed E-state index contributed by atoms with van der Waals surface area (Å²) in [6.07, 6.45) is 0. The van der Waals surface area contributed by atoms with Gasteiger partial charge in [0.05, 0.1) is 12.7 Å². The maximum atomic E-state index is 12.3. The summed E-state index contributed by atoms with van der Waals surface area (Å²) >= 11 is 0. The van der Waals surface area contributed by atoms with E-state index in [0.29, 0.717) is 29.6 Å². The van der Waals surface area contributed by atoms with E-state index in [4.69, 9.17) is 13.9 Å². The van der Waals surface area contributed by atoms with E-state index < -0.39 is 0 Å². The molecular weight excluding hydrogens is 394 g/mol. The number of nitrogens with zero attached hydrogens (tertiary/aromatic N) is 2. The Morgan fingerprint density at radius 2 is 1.55 bits per heavy atom. The summed E-state index contributed by atoms with van der Waals surface area (Å²) in [5.74, 6) is 1.69. The molecule has 0 spiro atoms. The normalized spacial score (nSPS) is 10.5. The number of hydrogen-bond donors (Lipinski definition) is 1. The molecule has 1 heterocycles. The zero-order valence-electron chi connectivity index (χ0n) is 16.9. The summed E-state index contributed by atoms with van der Waals surface area (Å²) in [4.78, 5) is 12.3. The molecule has 0 aliphatic heterocycles. The number of aromatic nitrogens is 2. The number of benzene rings is 3. The van der Waals surface area contributed by atoms with E-state index >= 15 is 0 Å². The molecular formula is C24H21N3O4. The summed E-state index contributed by atoms with van der Waals surface area (Å²) in [5.41, 5.74) is 2.34. The van der Waals surface area contributed by atoms with Crippen LogP contribution in [0.25, 0.3) is 22.9 Å². The van der Waals surface area contributed by atoms with E-state index in [2.05, 4.69) is 15.5 Å². The molecule has 3 aromatic carbocycles. The largest absolute Gasteiger partial charge is 0.496 e. The van der Waals surface area contributed by atoms with Crippen molar-refractivity contribution in [1.29, 1.82) is 0 Å². The second-order valence-electron chi connectivity index (χ2n) is 6.65. The minimum atomic E-state index is -0.254. The van der Waals surface area contributed by atoms with E-state index in [9.17, 15) is 4.79 Å². The molecule has 7 nitrogen and oxygen atoms in total. The van der Waals surface area contributed by atoms with Crippen LogP contribution in [0, 0.1) is 0 Å². The SMILES string of the molecule is COc1ccccc1CNC(=O)COc1ccccc1-c1nnc(-c2ccccc2)o1. The minimum Gasteiger partial charge on any atom is -0.496 e. The molecule has 0 unspecified atom stereocenters. The Kier molecular flexibility index (Phi) is 6.23. The van der Waals surface area contributed by atoms with Crippen molar-refractivity contribution in [3.8, 4) is 34.4 Å². The Bertz CT molecular complexity index is 1160. The van der Waals surface area contributed by atoms with E-state index in [0.717, 1.165) is 16.9 Å². The third-order valence-corrected chi connectivity index (χ3v) is 4.59. The highest BCUT2D eigenvalue weighted by molar-refractivity contribution is 5.78. The summed E-state index contributed by atoms with van der Waals surface area (Å²) in [6.45, 7) is 0.198. The Morgan fingerprint density at radius 3 is 2.35 bits per heavy atom. The van der Waals surface area contributed by atoms with Crippen molar-refractivity contribution < 1.29 is 18.7 Å². The number of para-hydroxylation sites is 2. The first kappa shape index (κ1) is 20.2. The Morgan fingerprint density at radius 1 is 0.871 bits per heavy atom. The van der Waals surface area contributed by atoms with Crippen LogP contribution in [-0.2, 0) is 11.3 Å². The smallest absolute Gasteiger partial charge is 0.258 e. The lowest BCUT2D eigenvalue weighted by Crippen LogP contribution is -2.28. The van der Waals surface area contributed by atoms with Crippen LogP contribution in [0.5, 0.6) is 11.5 Å². The Labute approximate surface area is 179 Å². The molecule has 1 N–H and O–H groups in total. The molecule has 0 bridgehead atoms. The molecule has 7 heteroatoms. The monoisotopic (exact) mass is 415 g/mol. The number of rotatable bonds is 8. The van der Waals surface area contributed by atoms with Gasteiger partial charge < -0.3 is 19.2 Å². The first-order valence-electron chi connectivity index (χ1n) is 9.74. The number of nitrogens with one attached hydrogen (secondary N) is 1. The average molecular weight is 415 g/mol. The van der Waals surface area contributed by atoms with Gasteiger partial charge in [-0.25, -0.2) is 0 Å². The molecule has 4 aromatic rings. The Balaban J connectivity index is 1.41. The maximum absolute atomic E-state index is 12.3. The first-order chi connectivity index (χ1) is 15.2. The fourth-order valence-electron chi connectivity index (χ4n) is 3.04. The van der Waals surface area contributed by atoms with Crippen molar-refractivity contribution in [2.24, 2.45) is 0 Å². The molecule has 0 aliphatic carbocycles. The summed E-state index contributed by atoms with van der Waals surface area (Å²) in [5, 5.41) is 11.1. The third kappa shape index (κ3) is 4.90. The fraction of sp³-hybridized carbons (Fsp3) is 0.125. The van der Waals surface area contributed by atoms with Gasteiger partial charge in [-0.3, -0.25) is 4.79 Å². The first-order valence-corrected chi connectivity index (χ1v) is 9.74. The van der Waals surface area contributed by atoms with Gasteiger partial charge in [0.2, 0.25) is 5.89 Å². The topological polar surface area (TPSA) is 86.5 Å². The van der Waals surface area contributed by atoms with Gasteiger partial charge in [0.15, 0.2) is 6.61 Å². The second-order valence-corrected chi connectivity index (χ2v) is 6.65. The molecule has 0 saturated carbocycles. The Hall–Kier alpha value is -4.13. The van der Waals surface area contributed by atoms with Gasteiger partial charge in [-0.15, -0.1) is 10.2 Å². The van der Waals surface area contributed by atoms with Crippen LogP contribution >= 0.6 is 0 Å². The van der Waals surface area contributed by atoms with Crippen LogP contribution in [0.15, 0.2) is 83.3 Å². The lowest BCUT2D eigenvalue weighted by atomic mass is 10.2. The molecule has 0 radical (unpaired) electrons. The highest BCUT2D eigenvalue weighted by atomic mass is 16.5. The van der Waals surface area contributed by atoms with Gasteiger partial charge >= 0.3 is 0 Å². The van der Waals surface area contributed by atoms with E-state index in [1.165, 1.54) is 0 Å². The molecule has 0 atom stereocenters. The highest BCUT2D eigenvalue weighted by Crippen LogP contribution is 2.30. The van der Waals surface area contributed by atoms with Crippen LogP contribution in [0.2, 0.25) is 0 Å². The number of carbonyl (C=O) groups excluding carboxylic acids is 1. The van der Waals surface area contributed by atoms with Gasteiger partial charge in [0.25, 0.3) is 11.8 Å². The van der Waals surface area contributed by atoms with Crippen LogP contribution in [0.3, 0.4) is 0 Å². The van der Waals surface area contributed by atoms with E-state index in [1.54, 1.807) is 13.2 Å². The second kappa shape index (κ2) is 9.58. The fourth-order valence-corrected chi connectivity index (χ4v) is 3.04. The molecule has 4 rings (SSSR count). The van der Waals surface area contributed by atoms with Gasteiger partial charge in [-0.05, 0) is 30.3 Å². The van der Waals surface area contributed by atoms with E-state index in [1.807, 2.05) is 72.8 Å². The van der Waals surface area contributed by atoms with E-state index in [-0.39, 0.29) is 12.5 Å². The molecule has 1 amide bonds. The third-order valence-electron chi connectivity index (χ3n) is 4.59. The van der Waals surface area contributed by atoms with Gasteiger partial charge in [-0.2, -0.15) is 0 Å². The molecule has 0 aliphatic rings. The van der Waals surface area contributed by atoms with Gasteiger partial charge in [0.1, 0.15) is 11.5 Å². The van der Waals surface area contributed by atoms with Crippen molar-refractivity contribution in [2.75, 3.05) is 13.7 Å².